The van der Waals surface area contributed by atoms with Crippen molar-refractivity contribution in [1.82, 2.24) is 14.1 Å². The first-order chi connectivity index (χ1) is 8.66. The van der Waals surface area contributed by atoms with Crippen LogP contribution in [0.1, 0.15) is 27.2 Å². The minimum Gasteiger partial charge on any atom is -0.396 e. The third-order valence-electron chi connectivity index (χ3n) is 2.54. The van der Waals surface area contributed by atoms with Gasteiger partial charge in [-0.2, -0.15) is 9.40 Å². The molecule has 0 aliphatic heterocycles. The Balaban J connectivity index is 3.01. The third-order valence-corrected chi connectivity index (χ3v) is 4.33. The van der Waals surface area contributed by atoms with E-state index in [-0.39, 0.29) is 16.9 Å². The van der Waals surface area contributed by atoms with E-state index in [0.717, 1.165) is 0 Å². The lowest BCUT2D eigenvalue weighted by atomic mass is 9.97. The van der Waals surface area contributed by atoms with Crippen LogP contribution < -0.4 is 0 Å². The van der Waals surface area contributed by atoms with Gasteiger partial charge in [0.15, 0.2) is 0 Å². The van der Waals surface area contributed by atoms with Gasteiger partial charge in [-0.25, -0.2) is 8.42 Å². The number of hydrogen-bond donors (Lipinski definition) is 1. The van der Waals surface area contributed by atoms with Crippen molar-refractivity contribution in [3.8, 4) is 0 Å². The fraction of sp³-hybridized carbons (Fsp3) is 0.750. The SMILES string of the molecule is Cn1cc(S(=O)(=O)N(CCCO)CC(C)(C)C)cn1. The first-order valence-electron chi connectivity index (χ1n) is 6.26. The van der Waals surface area contributed by atoms with Gasteiger partial charge in [-0.15, -0.1) is 0 Å². The molecular formula is C12H23N3O3S. The maximum atomic E-state index is 12.5. The average molecular weight is 289 g/mol. The van der Waals surface area contributed by atoms with Crippen molar-refractivity contribution in [1.29, 1.82) is 0 Å². The van der Waals surface area contributed by atoms with E-state index in [1.807, 2.05) is 20.8 Å². The standard InChI is InChI=1S/C12H23N3O3S/c1-12(2,3)10-15(6-5-7-16)19(17,18)11-8-13-14(4)9-11/h8-9,16H,5-7,10H2,1-4H3. The Morgan fingerprint density at radius 2 is 2.05 bits per heavy atom. The van der Waals surface area contributed by atoms with Crippen LogP contribution in [0.15, 0.2) is 17.3 Å². The van der Waals surface area contributed by atoms with E-state index >= 15 is 0 Å². The Morgan fingerprint density at radius 3 is 2.47 bits per heavy atom. The number of aromatic nitrogens is 2. The van der Waals surface area contributed by atoms with Crippen molar-refractivity contribution in [2.24, 2.45) is 12.5 Å². The number of rotatable bonds is 6. The van der Waals surface area contributed by atoms with Gasteiger partial charge in [0.05, 0.1) is 6.20 Å². The van der Waals surface area contributed by atoms with Gasteiger partial charge in [-0.3, -0.25) is 4.68 Å². The van der Waals surface area contributed by atoms with Gasteiger partial charge in [-0.1, -0.05) is 20.8 Å². The van der Waals surface area contributed by atoms with Crippen molar-refractivity contribution in [3.63, 3.8) is 0 Å². The smallest absolute Gasteiger partial charge is 0.246 e. The molecule has 0 aliphatic carbocycles. The second kappa shape index (κ2) is 6.02. The Morgan fingerprint density at radius 1 is 1.42 bits per heavy atom. The molecule has 0 amide bonds. The van der Waals surface area contributed by atoms with Crippen molar-refractivity contribution in [3.05, 3.63) is 12.4 Å². The highest BCUT2D eigenvalue weighted by Crippen LogP contribution is 2.22. The summed E-state index contributed by atoms with van der Waals surface area (Å²) in [7, 11) is -1.87. The molecule has 110 valence electrons. The summed E-state index contributed by atoms with van der Waals surface area (Å²) in [6.07, 6.45) is 3.27. The van der Waals surface area contributed by atoms with Crippen LogP contribution in [-0.2, 0) is 17.1 Å². The first-order valence-corrected chi connectivity index (χ1v) is 7.70. The Kier molecular flexibility index (Phi) is 5.11. The maximum Gasteiger partial charge on any atom is 0.246 e. The van der Waals surface area contributed by atoms with Gasteiger partial charge in [0.1, 0.15) is 4.90 Å². The van der Waals surface area contributed by atoms with Crippen molar-refractivity contribution >= 4 is 10.0 Å². The van der Waals surface area contributed by atoms with Crippen LogP contribution in [0.3, 0.4) is 0 Å². The Bertz CT molecular complexity index is 503. The summed E-state index contributed by atoms with van der Waals surface area (Å²) < 4.78 is 27.9. The highest BCUT2D eigenvalue weighted by molar-refractivity contribution is 7.89. The van der Waals surface area contributed by atoms with E-state index in [1.165, 1.54) is 21.4 Å². The molecule has 0 spiro atoms. The Hall–Kier alpha value is -0.920. The molecule has 0 aromatic carbocycles. The largest absolute Gasteiger partial charge is 0.396 e. The molecule has 0 unspecified atom stereocenters. The van der Waals surface area contributed by atoms with Gasteiger partial charge in [0.25, 0.3) is 0 Å². The van der Waals surface area contributed by atoms with Crippen LogP contribution in [0.25, 0.3) is 0 Å². The maximum absolute atomic E-state index is 12.5. The number of aliphatic hydroxyl groups is 1. The molecule has 0 saturated carbocycles. The average Bonchev–Trinajstić information content (AvgIpc) is 2.70. The van der Waals surface area contributed by atoms with Gasteiger partial charge >= 0.3 is 0 Å². The number of aryl methyl sites for hydroxylation is 1. The van der Waals surface area contributed by atoms with E-state index in [1.54, 1.807) is 7.05 Å². The lowest BCUT2D eigenvalue weighted by Crippen LogP contribution is -2.38. The van der Waals surface area contributed by atoms with Crippen LogP contribution in [0.4, 0.5) is 0 Å². The summed E-state index contributed by atoms with van der Waals surface area (Å²) in [5, 5.41) is 12.8. The molecule has 0 aliphatic rings. The number of nitrogens with zero attached hydrogens (tertiary/aromatic N) is 3. The summed E-state index contributed by atoms with van der Waals surface area (Å²) in [5.41, 5.74) is -0.148. The molecule has 19 heavy (non-hydrogen) atoms. The second-order valence-corrected chi connectivity index (χ2v) is 7.76. The molecule has 0 fully saturated rings. The van der Waals surface area contributed by atoms with Crippen LogP contribution in [0, 0.1) is 5.41 Å². The second-order valence-electron chi connectivity index (χ2n) is 5.83. The Labute approximate surface area is 115 Å². The minimum absolute atomic E-state index is 0.0246. The van der Waals surface area contributed by atoms with Gasteiger partial charge < -0.3 is 5.11 Å². The third kappa shape index (κ3) is 4.59. The summed E-state index contributed by atoms with van der Waals surface area (Å²) >= 11 is 0. The van der Waals surface area contributed by atoms with Crippen molar-refractivity contribution < 1.29 is 13.5 Å². The lowest BCUT2D eigenvalue weighted by Gasteiger charge is -2.28. The lowest BCUT2D eigenvalue weighted by molar-refractivity contribution is 0.241. The van der Waals surface area contributed by atoms with Gasteiger partial charge in [0, 0.05) is 32.9 Å². The first kappa shape index (κ1) is 16.1. The normalized spacial score (nSPS) is 13.2. The summed E-state index contributed by atoms with van der Waals surface area (Å²) in [5.74, 6) is 0. The summed E-state index contributed by atoms with van der Waals surface area (Å²) in [6, 6.07) is 0. The molecule has 0 radical (unpaired) electrons. The molecule has 0 atom stereocenters. The molecule has 7 heteroatoms. The monoisotopic (exact) mass is 289 g/mol. The molecule has 1 N–H and O–H groups in total. The van der Waals surface area contributed by atoms with Gasteiger partial charge in [-0.05, 0) is 11.8 Å². The highest BCUT2D eigenvalue weighted by atomic mass is 32.2. The van der Waals surface area contributed by atoms with Crippen molar-refractivity contribution in [2.45, 2.75) is 32.1 Å². The van der Waals surface area contributed by atoms with Crippen LogP contribution >= 0.6 is 0 Å². The zero-order chi connectivity index (χ0) is 14.7. The van der Waals surface area contributed by atoms with E-state index < -0.39 is 10.0 Å². The number of aliphatic hydroxyl groups excluding tert-OH is 1. The van der Waals surface area contributed by atoms with E-state index in [2.05, 4.69) is 5.10 Å². The van der Waals surface area contributed by atoms with Gasteiger partial charge in [0.2, 0.25) is 10.0 Å². The van der Waals surface area contributed by atoms with Crippen LogP contribution in [-0.4, -0.2) is 47.3 Å². The molecule has 0 bridgehead atoms. The zero-order valence-electron chi connectivity index (χ0n) is 12.0. The summed E-state index contributed by atoms with van der Waals surface area (Å²) in [4.78, 5) is 0.192. The molecule has 1 heterocycles. The molecule has 1 aromatic heterocycles. The highest BCUT2D eigenvalue weighted by Gasteiger charge is 2.29. The topological polar surface area (TPSA) is 75.4 Å². The van der Waals surface area contributed by atoms with Crippen LogP contribution in [0.5, 0.6) is 0 Å². The zero-order valence-corrected chi connectivity index (χ0v) is 12.8. The predicted molar refractivity (Wildman–Crippen MR) is 73.1 cm³/mol. The summed E-state index contributed by atoms with van der Waals surface area (Å²) in [6.45, 7) is 6.64. The minimum atomic E-state index is -3.55. The predicted octanol–water partition coefficient (Wildman–Crippen LogP) is 0.839. The molecular weight excluding hydrogens is 266 g/mol. The number of sulfonamides is 1. The van der Waals surface area contributed by atoms with E-state index in [0.29, 0.717) is 19.5 Å². The number of hydrogen-bond acceptors (Lipinski definition) is 4. The molecule has 1 aromatic rings. The van der Waals surface area contributed by atoms with E-state index in [9.17, 15) is 8.42 Å². The fourth-order valence-corrected chi connectivity index (χ4v) is 3.43. The quantitative estimate of drug-likeness (QED) is 0.842. The molecule has 6 nitrogen and oxygen atoms in total. The van der Waals surface area contributed by atoms with E-state index in [4.69, 9.17) is 5.11 Å². The molecule has 0 saturated heterocycles. The molecule has 1 rings (SSSR count). The van der Waals surface area contributed by atoms with Crippen LogP contribution in [0.2, 0.25) is 0 Å². The fourth-order valence-electron chi connectivity index (χ4n) is 1.74. The van der Waals surface area contributed by atoms with Crippen molar-refractivity contribution in [2.75, 3.05) is 19.7 Å².